The average molecular weight is 307 g/mol. The van der Waals surface area contributed by atoms with E-state index >= 15 is 0 Å². The average Bonchev–Trinajstić information content (AvgIpc) is 2.50. The van der Waals surface area contributed by atoms with Crippen molar-refractivity contribution in [3.8, 4) is 0 Å². The van der Waals surface area contributed by atoms with Crippen molar-refractivity contribution in [2.75, 3.05) is 23.8 Å². The molecule has 0 atom stereocenters. The van der Waals surface area contributed by atoms with Crippen LogP contribution in [0.4, 0.5) is 11.5 Å². The molecule has 0 fully saturated rings. The molecule has 6 heteroatoms. The topological polar surface area (TPSA) is 82.5 Å². The molecule has 1 rings (SSSR count). The molecule has 122 valence electrons. The first-order chi connectivity index (χ1) is 10.5. The van der Waals surface area contributed by atoms with Gasteiger partial charge in [0, 0.05) is 20.0 Å². The molecule has 0 spiro atoms. The SMILES string of the molecule is CCCCC(=O)Nc1cnc(N(C)CCCC)c(C(=O)O)c1. The summed E-state index contributed by atoms with van der Waals surface area (Å²) in [6.07, 6.45) is 5.67. The fourth-order valence-electron chi connectivity index (χ4n) is 2.05. The van der Waals surface area contributed by atoms with Crippen molar-refractivity contribution < 1.29 is 14.7 Å². The molecule has 0 aromatic carbocycles. The zero-order chi connectivity index (χ0) is 16.5. The Morgan fingerprint density at radius 1 is 1.27 bits per heavy atom. The van der Waals surface area contributed by atoms with Crippen LogP contribution in [-0.4, -0.2) is 35.6 Å². The summed E-state index contributed by atoms with van der Waals surface area (Å²) >= 11 is 0. The first-order valence-corrected chi connectivity index (χ1v) is 7.73. The molecule has 0 saturated heterocycles. The van der Waals surface area contributed by atoms with Gasteiger partial charge >= 0.3 is 5.97 Å². The molecular weight excluding hydrogens is 282 g/mol. The van der Waals surface area contributed by atoms with Gasteiger partial charge in [0.1, 0.15) is 11.4 Å². The summed E-state index contributed by atoms with van der Waals surface area (Å²) in [6, 6.07) is 1.47. The van der Waals surface area contributed by atoms with Gasteiger partial charge in [-0.1, -0.05) is 26.7 Å². The van der Waals surface area contributed by atoms with Crippen molar-refractivity contribution >= 4 is 23.4 Å². The molecule has 1 aromatic heterocycles. The van der Waals surface area contributed by atoms with Crippen molar-refractivity contribution in [2.24, 2.45) is 0 Å². The van der Waals surface area contributed by atoms with E-state index in [0.29, 0.717) is 17.9 Å². The predicted octanol–water partition coefficient (Wildman–Crippen LogP) is 3.14. The Morgan fingerprint density at radius 3 is 2.55 bits per heavy atom. The number of anilines is 2. The molecule has 0 bridgehead atoms. The number of carbonyl (C=O) groups excluding carboxylic acids is 1. The third kappa shape index (κ3) is 5.35. The van der Waals surface area contributed by atoms with Crippen LogP contribution in [0.3, 0.4) is 0 Å². The molecule has 1 heterocycles. The van der Waals surface area contributed by atoms with Gasteiger partial charge in [0.2, 0.25) is 5.91 Å². The summed E-state index contributed by atoms with van der Waals surface area (Å²) in [7, 11) is 1.82. The van der Waals surface area contributed by atoms with E-state index in [4.69, 9.17) is 0 Å². The van der Waals surface area contributed by atoms with E-state index in [9.17, 15) is 14.7 Å². The molecule has 22 heavy (non-hydrogen) atoms. The van der Waals surface area contributed by atoms with Crippen LogP contribution in [0, 0.1) is 0 Å². The Hall–Kier alpha value is -2.11. The van der Waals surface area contributed by atoms with E-state index in [-0.39, 0.29) is 11.5 Å². The lowest BCUT2D eigenvalue weighted by atomic mass is 10.2. The summed E-state index contributed by atoms with van der Waals surface area (Å²) in [5.74, 6) is -0.741. The fourth-order valence-corrected chi connectivity index (χ4v) is 2.05. The van der Waals surface area contributed by atoms with E-state index in [1.807, 2.05) is 18.9 Å². The maximum atomic E-state index is 11.7. The van der Waals surface area contributed by atoms with Gasteiger partial charge in [-0.05, 0) is 18.9 Å². The molecule has 0 aliphatic rings. The third-order valence-corrected chi connectivity index (χ3v) is 3.35. The van der Waals surface area contributed by atoms with E-state index in [2.05, 4.69) is 17.2 Å². The van der Waals surface area contributed by atoms with Crippen LogP contribution in [0.5, 0.6) is 0 Å². The number of carboxylic acids is 1. The van der Waals surface area contributed by atoms with E-state index in [1.165, 1.54) is 12.3 Å². The van der Waals surface area contributed by atoms with Gasteiger partial charge in [0.05, 0.1) is 11.9 Å². The number of nitrogens with zero attached hydrogens (tertiary/aromatic N) is 2. The molecule has 0 saturated carbocycles. The Bertz CT molecular complexity index is 517. The van der Waals surface area contributed by atoms with Crippen molar-refractivity contribution in [2.45, 2.75) is 46.0 Å². The van der Waals surface area contributed by atoms with Crippen LogP contribution in [0.25, 0.3) is 0 Å². The molecule has 0 aliphatic carbocycles. The number of hydrogen-bond donors (Lipinski definition) is 2. The second kappa shape index (κ2) is 9.02. The second-order valence-electron chi connectivity index (χ2n) is 5.33. The highest BCUT2D eigenvalue weighted by atomic mass is 16.4. The highest BCUT2D eigenvalue weighted by molar-refractivity contribution is 5.96. The minimum Gasteiger partial charge on any atom is -0.478 e. The molecule has 0 aliphatic heterocycles. The second-order valence-corrected chi connectivity index (χ2v) is 5.33. The number of hydrogen-bond acceptors (Lipinski definition) is 4. The lowest BCUT2D eigenvalue weighted by molar-refractivity contribution is -0.116. The summed E-state index contributed by atoms with van der Waals surface area (Å²) in [4.78, 5) is 29.2. The Balaban J connectivity index is 2.89. The zero-order valence-electron chi connectivity index (χ0n) is 13.6. The minimum absolute atomic E-state index is 0.104. The van der Waals surface area contributed by atoms with Gasteiger partial charge in [0.15, 0.2) is 0 Å². The molecule has 2 N–H and O–H groups in total. The number of amides is 1. The van der Waals surface area contributed by atoms with Gasteiger partial charge in [-0.15, -0.1) is 0 Å². The molecule has 0 unspecified atom stereocenters. The Kier molecular flexibility index (Phi) is 7.36. The number of rotatable bonds is 9. The van der Waals surface area contributed by atoms with Crippen molar-refractivity contribution in [3.63, 3.8) is 0 Å². The molecular formula is C16H25N3O3. The maximum absolute atomic E-state index is 11.7. The van der Waals surface area contributed by atoms with Gasteiger partial charge in [-0.2, -0.15) is 0 Å². The van der Waals surface area contributed by atoms with Crippen molar-refractivity contribution in [1.29, 1.82) is 0 Å². The van der Waals surface area contributed by atoms with Crippen LogP contribution in [0.15, 0.2) is 12.3 Å². The molecule has 1 aromatic rings. The fraction of sp³-hybridized carbons (Fsp3) is 0.562. The quantitative estimate of drug-likeness (QED) is 0.732. The van der Waals surface area contributed by atoms with Gasteiger partial charge in [-0.25, -0.2) is 9.78 Å². The van der Waals surface area contributed by atoms with Gasteiger partial charge in [-0.3, -0.25) is 4.79 Å². The van der Waals surface area contributed by atoms with E-state index in [1.54, 1.807) is 0 Å². The predicted molar refractivity (Wildman–Crippen MR) is 87.5 cm³/mol. The standard InChI is InChI=1S/C16H25N3O3/c1-4-6-8-14(20)18-12-10-13(16(21)22)15(17-11-12)19(3)9-7-5-2/h10-11H,4-9H2,1-3H3,(H,18,20)(H,21,22). The molecule has 0 radical (unpaired) electrons. The van der Waals surface area contributed by atoms with Crippen LogP contribution in [-0.2, 0) is 4.79 Å². The van der Waals surface area contributed by atoms with Gasteiger partial charge < -0.3 is 15.3 Å². The summed E-state index contributed by atoms with van der Waals surface area (Å²) in [5, 5.41) is 12.1. The van der Waals surface area contributed by atoms with Crippen LogP contribution in [0.1, 0.15) is 56.3 Å². The lowest BCUT2D eigenvalue weighted by Gasteiger charge is -2.20. The molecule has 6 nitrogen and oxygen atoms in total. The molecule has 1 amide bonds. The third-order valence-electron chi connectivity index (χ3n) is 3.35. The number of aromatic nitrogens is 1. The van der Waals surface area contributed by atoms with Crippen molar-refractivity contribution in [1.82, 2.24) is 4.98 Å². The number of pyridine rings is 1. The highest BCUT2D eigenvalue weighted by Gasteiger charge is 2.16. The number of carbonyl (C=O) groups is 2. The van der Waals surface area contributed by atoms with Crippen LogP contribution >= 0.6 is 0 Å². The van der Waals surface area contributed by atoms with E-state index in [0.717, 1.165) is 32.2 Å². The number of nitrogens with one attached hydrogen (secondary N) is 1. The van der Waals surface area contributed by atoms with Gasteiger partial charge in [0.25, 0.3) is 0 Å². The minimum atomic E-state index is -1.05. The Labute approximate surface area is 131 Å². The lowest BCUT2D eigenvalue weighted by Crippen LogP contribution is -2.23. The summed E-state index contributed by atoms with van der Waals surface area (Å²) in [6.45, 7) is 4.83. The monoisotopic (exact) mass is 307 g/mol. The number of carboxylic acid groups (broad SMARTS) is 1. The first kappa shape index (κ1) is 17.9. The zero-order valence-corrected chi connectivity index (χ0v) is 13.6. The van der Waals surface area contributed by atoms with E-state index < -0.39 is 5.97 Å². The highest BCUT2D eigenvalue weighted by Crippen LogP contribution is 2.21. The summed E-state index contributed by atoms with van der Waals surface area (Å²) in [5.41, 5.74) is 0.526. The Morgan fingerprint density at radius 2 is 1.95 bits per heavy atom. The smallest absolute Gasteiger partial charge is 0.339 e. The summed E-state index contributed by atoms with van der Waals surface area (Å²) < 4.78 is 0. The number of aromatic carboxylic acids is 1. The number of unbranched alkanes of at least 4 members (excludes halogenated alkanes) is 2. The van der Waals surface area contributed by atoms with Crippen LogP contribution in [0.2, 0.25) is 0 Å². The largest absolute Gasteiger partial charge is 0.478 e. The maximum Gasteiger partial charge on any atom is 0.339 e. The normalized spacial score (nSPS) is 10.3. The van der Waals surface area contributed by atoms with Crippen LogP contribution < -0.4 is 10.2 Å². The van der Waals surface area contributed by atoms with Crippen molar-refractivity contribution in [3.05, 3.63) is 17.8 Å². The first-order valence-electron chi connectivity index (χ1n) is 7.73.